The van der Waals surface area contributed by atoms with E-state index in [9.17, 15) is 9.59 Å². The van der Waals surface area contributed by atoms with Gasteiger partial charge in [0.2, 0.25) is 0 Å². The van der Waals surface area contributed by atoms with E-state index in [0.29, 0.717) is 0 Å². The first-order valence-corrected chi connectivity index (χ1v) is 3.13. The number of hydrogen-bond donors (Lipinski definition) is 1. The van der Waals surface area contributed by atoms with E-state index in [0.717, 1.165) is 10.7 Å². The summed E-state index contributed by atoms with van der Waals surface area (Å²) in [5, 5.41) is 2.24. The van der Waals surface area contributed by atoms with Crippen LogP contribution in [0.4, 0.5) is 0 Å². The molecule has 0 aliphatic carbocycles. The molecule has 10 heavy (non-hydrogen) atoms. The normalized spacial score (nSPS) is 9.70. The fraction of sp³-hybridized carbons (Fsp3) is 0.200. The quantitative estimate of drug-likeness (QED) is 0.576. The SMILES string of the molecule is O=c1ccc(=O)n(CCl)[nH]1. The molecule has 0 saturated heterocycles. The monoisotopic (exact) mass is 160 g/mol. The molecule has 1 heterocycles. The average molecular weight is 161 g/mol. The second-order valence-electron chi connectivity index (χ2n) is 1.70. The first-order chi connectivity index (χ1) is 4.74. The van der Waals surface area contributed by atoms with Gasteiger partial charge in [-0.1, -0.05) is 0 Å². The minimum Gasteiger partial charge on any atom is -0.268 e. The third kappa shape index (κ3) is 1.27. The lowest BCUT2D eigenvalue weighted by molar-refractivity contribution is 0.673. The predicted octanol–water partition coefficient (Wildman–Crippen LogP) is -0.267. The highest BCUT2D eigenvalue weighted by atomic mass is 35.5. The Hall–Kier alpha value is -1.03. The van der Waals surface area contributed by atoms with E-state index >= 15 is 0 Å². The Morgan fingerprint density at radius 2 is 2.20 bits per heavy atom. The zero-order valence-electron chi connectivity index (χ0n) is 5.00. The van der Waals surface area contributed by atoms with Crippen molar-refractivity contribution in [3.05, 3.63) is 32.8 Å². The number of nitrogens with zero attached hydrogens (tertiary/aromatic N) is 1. The number of rotatable bonds is 1. The van der Waals surface area contributed by atoms with Gasteiger partial charge in [0.05, 0.1) is 0 Å². The standard InChI is InChI=1S/C5H5ClN2O2/c6-3-8-5(10)2-1-4(9)7-8/h1-2H,3H2,(H,7,9). The van der Waals surface area contributed by atoms with Gasteiger partial charge in [0.15, 0.2) is 0 Å². The number of H-pyrrole nitrogens is 1. The third-order valence-electron chi connectivity index (χ3n) is 1.01. The number of hydrogen-bond acceptors (Lipinski definition) is 2. The number of aromatic nitrogens is 2. The van der Waals surface area contributed by atoms with Crippen LogP contribution in [0.2, 0.25) is 0 Å². The van der Waals surface area contributed by atoms with Crippen molar-refractivity contribution in [2.75, 3.05) is 0 Å². The molecule has 1 rings (SSSR count). The van der Waals surface area contributed by atoms with Crippen LogP contribution in [0.5, 0.6) is 0 Å². The van der Waals surface area contributed by atoms with Crippen LogP contribution in [0.25, 0.3) is 0 Å². The number of nitrogens with one attached hydrogen (secondary N) is 1. The molecule has 1 aromatic rings. The maximum absolute atomic E-state index is 10.7. The van der Waals surface area contributed by atoms with E-state index in [1.165, 1.54) is 6.07 Å². The molecule has 0 radical (unpaired) electrons. The van der Waals surface area contributed by atoms with Crippen LogP contribution in [0, 0.1) is 0 Å². The summed E-state index contributed by atoms with van der Waals surface area (Å²) in [6.45, 7) is 0. The highest BCUT2D eigenvalue weighted by Crippen LogP contribution is 1.75. The van der Waals surface area contributed by atoms with Gasteiger partial charge in [-0.2, -0.15) is 0 Å². The first-order valence-electron chi connectivity index (χ1n) is 2.60. The number of aromatic amines is 1. The van der Waals surface area contributed by atoms with Gasteiger partial charge in [0.25, 0.3) is 11.1 Å². The van der Waals surface area contributed by atoms with Gasteiger partial charge in [0, 0.05) is 12.1 Å². The van der Waals surface area contributed by atoms with Crippen molar-refractivity contribution < 1.29 is 0 Å². The molecule has 0 atom stereocenters. The van der Waals surface area contributed by atoms with Gasteiger partial charge >= 0.3 is 0 Å². The average Bonchev–Trinajstić information content (AvgIpc) is 1.94. The molecule has 0 aromatic carbocycles. The van der Waals surface area contributed by atoms with Crippen LogP contribution in [0.15, 0.2) is 21.7 Å². The molecule has 0 amide bonds. The minimum atomic E-state index is -0.333. The van der Waals surface area contributed by atoms with Crippen molar-refractivity contribution in [1.82, 2.24) is 9.78 Å². The van der Waals surface area contributed by atoms with Crippen molar-refractivity contribution in [2.45, 2.75) is 6.00 Å². The Balaban J connectivity index is 3.36. The molecule has 0 unspecified atom stereocenters. The molecule has 54 valence electrons. The molecule has 0 bridgehead atoms. The summed E-state index contributed by atoms with van der Waals surface area (Å²) in [5.41, 5.74) is -0.644. The Labute approximate surface area is 61.0 Å². The van der Waals surface area contributed by atoms with Crippen LogP contribution >= 0.6 is 11.6 Å². The van der Waals surface area contributed by atoms with E-state index in [1.807, 2.05) is 0 Å². The zero-order valence-corrected chi connectivity index (χ0v) is 5.76. The van der Waals surface area contributed by atoms with Gasteiger partial charge in [-0.3, -0.25) is 14.7 Å². The van der Waals surface area contributed by atoms with Crippen molar-refractivity contribution in [3.8, 4) is 0 Å². The Morgan fingerprint density at radius 3 is 2.70 bits per heavy atom. The molecule has 0 aliphatic heterocycles. The van der Waals surface area contributed by atoms with Gasteiger partial charge in [-0.25, -0.2) is 4.68 Å². The number of alkyl halides is 1. The lowest BCUT2D eigenvalue weighted by Crippen LogP contribution is -2.26. The Morgan fingerprint density at radius 1 is 1.50 bits per heavy atom. The summed E-state index contributed by atoms with van der Waals surface area (Å²) < 4.78 is 1.02. The van der Waals surface area contributed by atoms with E-state index in [2.05, 4.69) is 5.10 Å². The van der Waals surface area contributed by atoms with Crippen LogP contribution in [0.3, 0.4) is 0 Å². The fourth-order valence-electron chi connectivity index (χ4n) is 0.551. The first kappa shape index (κ1) is 7.08. The second-order valence-corrected chi connectivity index (χ2v) is 1.93. The van der Waals surface area contributed by atoms with Gasteiger partial charge < -0.3 is 0 Å². The number of halogens is 1. The molecule has 1 N–H and O–H groups in total. The van der Waals surface area contributed by atoms with Gasteiger partial charge in [-0.05, 0) is 0 Å². The van der Waals surface area contributed by atoms with E-state index < -0.39 is 0 Å². The summed E-state index contributed by atoms with van der Waals surface area (Å²) in [6.07, 6.45) is 0. The van der Waals surface area contributed by atoms with Crippen molar-refractivity contribution in [3.63, 3.8) is 0 Å². The highest BCUT2D eigenvalue weighted by molar-refractivity contribution is 6.15. The fourth-order valence-corrected chi connectivity index (χ4v) is 0.729. The zero-order chi connectivity index (χ0) is 7.56. The van der Waals surface area contributed by atoms with Crippen molar-refractivity contribution in [1.29, 1.82) is 0 Å². The van der Waals surface area contributed by atoms with E-state index in [1.54, 1.807) is 0 Å². The molecular weight excluding hydrogens is 156 g/mol. The summed E-state index contributed by atoms with van der Waals surface area (Å²) in [4.78, 5) is 21.2. The van der Waals surface area contributed by atoms with Crippen LogP contribution in [0.1, 0.15) is 0 Å². The Bertz CT molecular complexity index is 327. The lowest BCUT2D eigenvalue weighted by atomic mass is 10.6. The summed E-state index contributed by atoms with van der Waals surface area (Å²) >= 11 is 5.30. The molecule has 5 heteroatoms. The summed E-state index contributed by atoms with van der Waals surface area (Å²) in [5.74, 6) is 0. The maximum Gasteiger partial charge on any atom is 0.266 e. The summed E-state index contributed by atoms with van der Waals surface area (Å²) in [6, 6.07) is 2.29. The highest BCUT2D eigenvalue weighted by Gasteiger charge is 1.90. The molecule has 0 fully saturated rings. The second kappa shape index (κ2) is 2.70. The molecule has 4 nitrogen and oxygen atoms in total. The third-order valence-corrected chi connectivity index (χ3v) is 1.25. The van der Waals surface area contributed by atoms with Gasteiger partial charge in [-0.15, -0.1) is 11.6 Å². The van der Waals surface area contributed by atoms with Gasteiger partial charge in [0.1, 0.15) is 6.00 Å². The molecule has 0 aliphatic rings. The van der Waals surface area contributed by atoms with Crippen molar-refractivity contribution in [2.24, 2.45) is 0 Å². The van der Waals surface area contributed by atoms with Crippen molar-refractivity contribution >= 4 is 11.6 Å². The minimum absolute atomic E-state index is 0.0328. The lowest BCUT2D eigenvalue weighted by Gasteiger charge is -1.95. The smallest absolute Gasteiger partial charge is 0.266 e. The molecule has 1 aromatic heterocycles. The van der Waals surface area contributed by atoms with Crippen LogP contribution in [-0.2, 0) is 6.00 Å². The maximum atomic E-state index is 10.7. The predicted molar refractivity (Wildman–Crippen MR) is 37.2 cm³/mol. The van der Waals surface area contributed by atoms with Crippen LogP contribution in [-0.4, -0.2) is 9.78 Å². The molecule has 0 spiro atoms. The largest absolute Gasteiger partial charge is 0.268 e. The van der Waals surface area contributed by atoms with Crippen LogP contribution < -0.4 is 11.1 Å². The molecule has 0 saturated carbocycles. The Kier molecular flexibility index (Phi) is 1.91. The van der Waals surface area contributed by atoms with E-state index in [4.69, 9.17) is 11.6 Å². The van der Waals surface area contributed by atoms with E-state index in [-0.39, 0.29) is 17.1 Å². The summed E-state index contributed by atoms with van der Waals surface area (Å²) in [7, 11) is 0. The topological polar surface area (TPSA) is 54.9 Å². The molecular formula is C5H5ClN2O2.